The van der Waals surface area contributed by atoms with Crippen LogP contribution in [0.15, 0.2) is 42.6 Å². The maximum absolute atomic E-state index is 13.4. The van der Waals surface area contributed by atoms with Crippen molar-refractivity contribution >= 4 is 11.8 Å². The Morgan fingerprint density at radius 1 is 1.40 bits per heavy atom. The lowest BCUT2D eigenvalue weighted by molar-refractivity contribution is -0.143. The fourth-order valence-electron chi connectivity index (χ4n) is 5.13. The monoisotopic (exact) mass is 406 g/mol. The van der Waals surface area contributed by atoms with Crippen molar-refractivity contribution < 1.29 is 14.3 Å². The van der Waals surface area contributed by atoms with Gasteiger partial charge in [-0.25, -0.2) is 4.98 Å². The number of benzene rings is 1. The van der Waals surface area contributed by atoms with Crippen molar-refractivity contribution in [3.8, 4) is 0 Å². The minimum absolute atomic E-state index is 0.00366. The second-order valence-corrected chi connectivity index (χ2v) is 8.79. The van der Waals surface area contributed by atoms with Crippen LogP contribution in [0.2, 0.25) is 0 Å². The van der Waals surface area contributed by atoms with Crippen molar-refractivity contribution in [3.05, 3.63) is 65.3 Å². The summed E-state index contributed by atoms with van der Waals surface area (Å²) < 4.78 is 6.24. The maximum Gasteiger partial charge on any atom is 0.230 e. The molecule has 7 heteroatoms. The molecule has 156 valence electrons. The Balaban J connectivity index is 1.36. The van der Waals surface area contributed by atoms with Crippen LogP contribution in [0.3, 0.4) is 0 Å². The third-order valence-corrected chi connectivity index (χ3v) is 6.44. The zero-order valence-electron chi connectivity index (χ0n) is 17.5. The third kappa shape index (κ3) is 2.96. The van der Waals surface area contributed by atoms with Crippen LogP contribution in [-0.4, -0.2) is 56.9 Å². The normalized spacial score (nSPS) is 29.0. The second kappa shape index (κ2) is 6.80. The van der Waals surface area contributed by atoms with Gasteiger partial charge in [0.25, 0.3) is 0 Å². The van der Waals surface area contributed by atoms with Crippen LogP contribution in [0, 0.1) is 25.7 Å². The Morgan fingerprint density at radius 3 is 2.97 bits per heavy atom. The van der Waals surface area contributed by atoms with Gasteiger partial charge in [-0.15, -0.1) is 0 Å². The molecule has 1 spiro atoms. The second-order valence-electron chi connectivity index (χ2n) is 8.79. The van der Waals surface area contributed by atoms with Gasteiger partial charge in [-0.05, 0) is 19.4 Å². The zero-order valence-corrected chi connectivity index (χ0v) is 17.5. The third-order valence-electron chi connectivity index (χ3n) is 6.44. The number of hydrogen-bond acceptors (Lipinski definition) is 4. The molecule has 5 rings (SSSR count). The van der Waals surface area contributed by atoms with Gasteiger partial charge < -0.3 is 19.5 Å². The van der Waals surface area contributed by atoms with E-state index < -0.39 is 17.4 Å². The standard InChI is InChI=1S/C23H26N4O3/c1-14-5-4-6-16(9-14)11-27-13-23-8-7-17(30-23)19(20(23)22(27)29)21(28)26(3)12-18-24-10-15(2)25-18/h4-10,17,19-20H,11-13H2,1-3H3,(H,24,25)/t17-,19?,20?,23-/m0/s1. The molecule has 2 saturated heterocycles. The first kappa shape index (κ1) is 19.1. The number of ether oxygens (including phenoxy) is 1. The molecule has 2 fully saturated rings. The number of hydrogen-bond donors (Lipinski definition) is 1. The van der Waals surface area contributed by atoms with Gasteiger partial charge in [-0.1, -0.05) is 42.0 Å². The summed E-state index contributed by atoms with van der Waals surface area (Å²) in [6.45, 7) is 5.36. The molecule has 2 unspecified atom stereocenters. The predicted molar refractivity (Wildman–Crippen MR) is 110 cm³/mol. The Hall–Kier alpha value is -2.93. The lowest BCUT2D eigenvalue weighted by Crippen LogP contribution is -2.44. The summed E-state index contributed by atoms with van der Waals surface area (Å²) in [6.07, 6.45) is 5.35. The minimum atomic E-state index is -0.686. The molecule has 1 N–H and O–H groups in total. The van der Waals surface area contributed by atoms with Crippen LogP contribution in [-0.2, 0) is 27.4 Å². The molecular formula is C23H26N4O3. The van der Waals surface area contributed by atoms with Gasteiger partial charge in [0.2, 0.25) is 11.8 Å². The Labute approximate surface area is 175 Å². The molecule has 4 heterocycles. The van der Waals surface area contributed by atoms with Gasteiger partial charge in [0.1, 0.15) is 11.4 Å². The molecule has 0 aliphatic carbocycles. The lowest BCUT2D eigenvalue weighted by Gasteiger charge is -2.27. The van der Waals surface area contributed by atoms with Gasteiger partial charge in [0, 0.05) is 25.5 Å². The molecule has 4 atom stereocenters. The molecule has 1 aromatic carbocycles. The largest absolute Gasteiger partial charge is 0.360 e. The fraction of sp³-hybridized carbons (Fsp3) is 0.435. The number of carbonyl (C=O) groups is 2. The fourth-order valence-corrected chi connectivity index (χ4v) is 5.13. The van der Waals surface area contributed by atoms with E-state index >= 15 is 0 Å². The van der Waals surface area contributed by atoms with Crippen LogP contribution in [0.1, 0.15) is 22.6 Å². The van der Waals surface area contributed by atoms with E-state index in [2.05, 4.69) is 16.0 Å². The van der Waals surface area contributed by atoms with Crippen LogP contribution in [0.25, 0.3) is 0 Å². The van der Waals surface area contributed by atoms with Crippen LogP contribution >= 0.6 is 0 Å². The summed E-state index contributed by atoms with van der Waals surface area (Å²) in [5, 5.41) is 0. The average molecular weight is 406 g/mol. The molecule has 3 aliphatic rings. The van der Waals surface area contributed by atoms with E-state index in [1.165, 1.54) is 0 Å². The Morgan fingerprint density at radius 2 is 2.23 bits per heavy atom. The highest BCUT2D eigenvalue weighted by Crippen LogP contribution is 2.52. The van der Waals surface area contributed by atoms with Gasteiger partial charge >= 0.3 is 0 Å². The van der Waals surface area contributed by atoms with Gasteiger partial charge in [0.15, 0.2) is 0 Å². The number of aryl methyl sites for hydroxylation is 2. The van der Waals surface area contributed by atoms with Crippen molar-refractivity contribution in [3.63, 3.8) is 0 Å². The number of rotatable bonds is 5. The zero-order chi connectivity index (χ0) is 21.0. The summed E-state index contributed by atoms with van der Waals surface area (Å²) in [4.78, 5) is 37.6. The van der Waals surface area contributed by atoms with E-state index in [0.717, 1.165) is 22.6 Å². The molecule has 1 aromatic heterocycles. The number of aromatic nitrogens is 2. The maximum atomic E-state index is 13.4. The van der Waals surface area contributed by atoms with Crippen LogP contribution in [0.4, 0.5) is 0 Å². The van der Waals surface area contributed by atoms with Gasteiger partial charge in [-0.3, -0.25) is 9.59 Å². The number of nitrogens with one attached hydrogen (secondary N) is 1. The summed E-state index contributed by atoms with van der Waals surface area (Å²) >= 11 is 0. The molecule has 30 heavy (non-hydrogen) atoms. The van der Waals surface area contributed by atoms with Crippen molar-refractivity contribution in [2.24, 2.45) is 11.8 Å². The van der Waals surface area contributed by atoms with E-state index in [9.17, 15) is 9.59 Å². The number of amides is 2. The van der Waals surface area contributed by atoms with Crippen molar-refractivity contribution in [2.45, 2.75) is 38.6 Å². The molecular weight excluding hydrogens is 380 g/mol. The Kier molecular flexibility index (Phi) is 4.32. The quantitative estimate of drug-likeness (QED) is 0.770. The van der Waals surface area contributed by atoms with E-state index in [1.807, 2.05) is 49.1 Å². The molecule has 2 aromatic rings. The van der Waals surface area contributed by atoms with Crippen molar-refractivity contribution in [2.75, 3.05) is 13.6 Å². The topological polar surface area (TPSA) is 78.5 Å². The van der Waals surface area contributed by atoms with E-state index in [0.29, 0.717) is 19.6 Å². The molecule has 2 amide bonds. The highest BCUT2D eigenvalue weighted by atomic mass is 16.5. The van der Waals surface area contributed by atoms with Gasteiger partial charge in [-0.2, -0.15) is 0 Å². The summed E-state index contributed by atoms with van der Waals surface area (Å²) in [6, 6.07) is 8.17. The number of aromatic amines is 1. The first-order chi connectivity index (χ1) is 14.4. The first-order valence-electron chi connectivity index (χ1n) is 10.3. The summed E-state index contributed by atoms with van der Waals surface area (Å²) in [5.74, 6) is -0.298. The van der Waals surface area contributed by atoms with E-state index in [-0.39, 0.29) is 17.9 Å². The smallest absolute Gasteiger partial charge is 0.230 e. The summed E-state index contributed by atoms with van der Waals surface area (Å²) in [5.41, 5.74) is 2.52. The number of likely N-dealkylation sites (tertiary alicyclic amines) is 1. The summed E-state index contributed by atoms with van der Waals surface area (Å²) in [7, 11) is 1.76. The number of H-pyrrole nitrogens is 1. The molecule has 7 nitrogen and oxygen atoms in total. The highest BCUT2D eigenvalue weighted by Gasteiger charge is 2.67. The van der Waals surface area contributed by atoms with E-state index in [4.69, 9.17) is 4.74 Å². The lowest BCUT2D eigenvalue weighted by atomic mass is 9.76. The number of nitrogens with zero attached hydrogens (tertiary/aromatic N) is 3. The molecule has 3 aliphatic heterocycles. The van der Waals surface area contributed by atoms with Crippen molar-refractivity contribution in [1.29, 1.82) is 0 Å². The SMILES string of the molecule is Cc1cccc(CN2C[C@]34C=C[C@H](O3)C(C(=O)N(C)Cc3ncc(C)[nH]3)C4C2=O)c1. The highest BCUT2D eigenvalue weighted by molar-refractivity contribution is 5.93. The van der Waals surface area contributed by atoms with Crippen molar-refractivity contribution in [1.82, 2.24) is 19.8 Å². The molecule has 0 radical (unpaired) electrons. The number of carbonyl (C=O) groups excluding carboxylic acids is 2. The van der Waals surface area contributed by atoms with Crippen LogP contribution < -0.4 is 0 Å². The number of fused-ring (bicyclic) bond motifs is 1. The average Bonchev–Trinajstić information content (AvgIpc) is 3.44. The predicted octanol–water partition coefficient (Wildman–Crippen LogP) is 1.97. The molecule has 0 saturated carbocycles. The molecule has 2 bridgehead atoms. The van der Waals surface area contributed by atoms with Gasteiger partial charge in [0.05, 0.1) is 31.0 Å². The van der Waals surface area contributed by atoms with Crippen LogP contribution in [0.5, 0.6) is 0 Å². The number of imidazole rings is 1. The minimum Gasteiger partial charge on any atom is -0.360 e. The Bertz CT molecular complexity index is 1040. The van der Waals surface area contributed by atoms with E-state index in [1.54, 1.807) is 18.1 Å². The first-order valence-corrected chi connectivity index (χ1v) is 10.3.